The fraction of sp³-hybridized carbons (Fsp3) is 0.562. The van der Waals surface area contributed by atoms with Crippen molar-refractivity contribution in [2.24, 2.45) is 0 Å². The number of rotatable bonds is 7. The first-order valence-corrected chi connectivity index (χ1v) is 7.60. The maximum atomic E-state index is 12.7. The quantitative estimate of drug-likeness (QED) is 0.771. The zero-order valence-electron chi connectivity index (χ0n) is 12.9. The summed E-state index contributed by atoms with van der Waals surface area (Å²) in [6, 6.07) is 7.54. The number of carbonyl (C=O) groups is 1. The summed E-state index contributed by atoms with van der Waals surface area (Å²) in [4.78, 5) is 13.4. The van der Waals surface area contributed by atoms with E-state index in [2.05, 4.69) is 10.2 Å². The Morgan fingerprint density at radius 2 is 2.18 bits per heavy atom. The fourth-order valence-electron chi connectivity index (χ4n) is 2.44. The third-order valence-electron chi connectivity index (χ3n) is 3.52. The predicted octanol–water partition coefficient (Wildman–Crippen LogP) is 1.37. The molecule has 1 heterocycles. The Bertz CT molecular complexity index is 467. The Morgan fingerprint density at radius 1 is 1.41 bits per heavy atom. The molecule has 1 unspecified atom stereocenters. The minimum absolute atomic E-state index is 0.0686. The number of hydrogen-bond donors (Lipinski definition) is 1. The van der Waals surface area contributed by atoms with Crippen LogP contribution in [0.15, 0.2) is 24.3 Å². The van der Waals surface area contributed by atoms with Crippen LogP contribution in [0.1, 0.15) is 12.5 Å². The summed E-state index contributed by atoms with van der Waals surface area (Å²) < 4.78 is 22.9. The number of nitrogens with zero attached hydrogens (tertiary/aromatic N) is 1. The molecule has 1 N–H and O–H groups in total. The number of ether oxygens (including phenoxy) is 2. The second kappa shape index (κ2) is 8.70. The van der Waals surface area contributed by atoms with E-state index >= 15 is 0 Å². The number of hydrogen-bond acceptors (Lipinski definition) is 5. The molecule has 2 rings (SSSR count). The standard InChI is InChI=1S/C16H23FN2O3/c1-2-21-16(20)12-22-15-5-3-13(4-6-15)10-19-8-7-18-14(9-17)11-19/h3-6,14,18H,2,7-12H2,1H3. The molecule has 1 fully saturated rings. The van der Waals surface area contributed by atoms with Gasteiger partial charge >= 0.3 is 5.97 Å². The van der Waals surface area contributed by atoms with Gasteiger partial charge in [-0.25, -0.2) is 9.18 Å². The minimum Gasteiger partial charge on any atom is -0.482 e. The number of alkyl halides is 1. The monoisotopic (exact) mass is 310 g/mol. The van der Waals surface area contributed by atoms with Crippen LogP contribution in [0.4, 0.5) is 4.39 Å². The van der Waals surface area contributed by atoms with Gasteiger partial charge in [0.05, 0.1) is 6.61 Å². The van der Waals surface area contributed by atoms with Crippen LogP contribution in [0.3, 0.4) is 0 Å². The van der Waals surface area contributed by atoms with Crippen LogP contribution in [0.2, 0.25) is 0 Å². The van der Waals surface area contributed by atoms with Crippen LogP contribution in [0, 0.1) is 0 Å². The number of nitrogens with one attached hydrogen (secondary N) is 1. The summed E-state index contributed by atoms with van der Waals surface area (Å²) in [5.41, 5.74) is 1.14. The van der Waals surface area contributed by atoms with Crippen LogP contribution in [-0.4, -0.2) is 56.4 Å². The van der Waals surface area contributed by atoms with Gasteiger partial charge < -0.3 is 14.8 Å². The van der Waals surface area contributed by atoms with Gasteiger partial charge in [0.15, 0.2) is 6.61 Å². The van der Waals surface area contributed by atoms with Gasteiger partial charge in [-0.3, -0.25) is 4.90 Å². The minimum atomic E-state index is -0.371. The lowest BCUT2D eigenvalue weighted by Crippen LogP contribution is -2.51. The van der Waals surface area contributed by atoms with E-state index < -0.39 is 0 Å². The zero-order chi connectivity index (χ0) is 15.8. The third kappa shape index (κ3) is 5.27. The Hall–Kier alpha value is -1.66. The Kier molecular flexibility index (Phi) is 6.61. The van der Waals surface area contributed by atoms with Gasteiger partial charge in [-0.1, -0.05) is 12.1 Å². The van der Waals surface area contributed by atoms with Crippen molar-refractivity contribution in [2.45, 2.75) is 19.5 Å². The topological polar surface area (TPSA) is 50.8 Å². The van der Waals surface area contributed by atoms with Crippen LogP contribution in [0.5, 0.6) is 5.75 Å². The maximum absolute atomic E-state index is 12.7. The van der Waals surface area contributed by atoms with Gasteiger partial charge in [-0.15, -0.1) is 0 Å². The van der Waals surface area contributed by atoms with Gasteiger partial charge in [0.1, 0.15) is 12.4 Å². The van der Waals surface area contributed by atoms with E-state index in [-0.39, 0.29) is 25.3 Å². The summed E-state index contributed by atoms with van der Waals surface area (Å²) >= 11 is 0. The van der Waals surface area contributed by atoms with Crippen molar-refractivity contribution < 1.29 is 18.7 Å². The van der Waals surface area contributed by atoms with Crippen LogP contribution >= 0.6 is 0 Å². The summed E-state index contributed by atoms with van der Waals surface area (Å²) in [6.07, 6.45) is 0. The molecule has 0 bridgehead atoms. The molecule has 0 amide bonds. The number of carbonyl (C=O) groups excluding carboxylic acids is 1. The van der Waals surface area contributed by atoms with E-state index in [4.69, 9.17) is 9.47 Å². The number of halogens is 1. The molecule has 5 nitrogen and oxygen atoms in total. The first kappa shape index (κ1) is 16.7. The molecule has 1 aliphatic heterocycles. The molecular formula is C16H23FN2O3. The molecule has 1 atom stereocenters. The van der Waals surface area contributed by atoms with Crippen LogP contribution in [0.25, 0.3) is 0 Å². The average molecular weight is 310 g/mol. The normalized spacial score (nSPS) is 18.9. The van der Waals surface area contributed by atoms with E-state index in [1.807, 2.05) is 24.3 Å². The highest BCUT2D eigenvalue weighted by atomic mass is 19.1. The van der Waals surface area contributed by atoms with Crippen LogP contribution in [-0.2, 0) is 16.1 Å². The van der Waals surface area contributed by atoms with Crippen molar-refractivity contribution in [1.82, 2.24) is 10.2 Å². The molecule has 0 radical (unpaired) electrons. The highest BCUT2D eigenvalue weighted by molar-refractivity contribution is 5.71. The van der Waals surface area contributed by atoms with Gasteiger partial charge in [0, 0.05) is 32.2 Å². The molecular weight excluding hydrogens is 287 g/mol. The summed E-state index contributed by atoms with van der Waals surface area (Å²) in [6.45, 7) is 4.93. The Morgan fingerprint density at radius 3 is 2.86 bits per heavy atom. The lowest BCUT2D eigenvalue weighted by atomic mass is 10.1. The summed E-state index contributed by atoms with van der Waals surface area (Å²) in [7, 11) is 0. The molecule has 1 aromatic carbocycles. The fourth-order valence-corrected chi connectivity index (χ4v) is 2.44. The molecule has 122 valence electrons. The largest absolute Gasteiger partial charge is 0.482 e. The Balaban J connectivity index is 1.80. The van der Waals surface area contributed by atoms with E-state index in [9.17, 15) is 9.18 Å². The summed E-state index contributed by atoms with van der Waals surface area (Å²) in [5.74, 6) is 0.267. The van der Waals surface area contributed by atoms with Gasteiger partial charge in [0.2, 0.25) is 0 Å². The van der Waals surface area contributed by atoms with Crippen LogP contribution < -0.4 is 10.1 Å². The van der Waals surface area contributed by atoms with E-state index in [0.717, 1.165) is 31.7 Å². The number of esters is 1. The Labute approximate surface area is 130 Å². The molecule has 0 aliphatic carbocycles. The SMILES string of the molecule is CCOC(=O)COc1ccc(CN2CCNC(CF)C2)cc1. The lowest BCUT2D eigenvalue weighted by Gasteiger charge is -2.32. The van der Waals surface area contributed by atoms with Crippen molar-refractivity contribution in [2.75, 3.05) is 39.5 Å². The van der Waals surface area contributed by atoms with Crippen molar-refractivity contribution in [3.8, 4) is 5.75 Å². The van der Waals surface area contributed by atoms with E-state index in [1.165, 1.54) is 0 Å². The molecule has 1 aliphatic rings. The number of piperazine rings is 1. The molecule has 0 aromatic heterocycles. The number of benzene rings is 1. The first-order valence-electron chi connectivity index (χ1n) is 7.60. The highest BCUT2D eigenvalue weighted by Gasteiger charge is 2.18. The highest BCUT2D eigenvalue weighted by Crippen LogP contribution is 2.14. The molecule has 22 heavy (non-hydrogen) atoms. The first-order chi connectivity index (χ1) is 10.7. The van der Waals surface area contributed by atoms with Crippen molar-refractivity contribution in [3.63, 3.8) is 0 Å². The molecule has 1 aromatic rings. The second-order valence-corrected chi connectivity index (χ2v) is 5.28. The summed E-state index contributed by atoms with van der Waals surface area (Å²) in [5, 5.41) is 3.15. The smallest absolute Gasteiger partial charge is 0.344 e. The second-order valence-electron chi connectivity index (χ2n) is 5.28. The maximum Gasteiger partial charge on any atom is 0.344 e. The average Bonchev–Trinajstić information content (AvgIpc) is 2.55. The van der Waals surface area contributed by atoms with Crippen molar-refractivity contribution in [1.29, 1.82) is 0 Å². The zero-order valence-corrected chi connectivity index (χ0v) is 12.9. The predicted molar refractivity (Wildman–Crippen MR) is 81.6 cm³/mol. The lowest BCUT2D eigenvalue weighted by molar-refractivity contribution is -0.145. The molecule has 0 spiro atoms. The van der Waals surface area contributed by atoms with Gasteiger partial charge in [-0.2, -0.15) is 0 Å². The van der Waals surface area contributed by atoms with Crippen molar-refractivity contribution >= 4 is 5.97 Å². The molecule has 6 heteroatoms. The van der Waals surface area contributed by atoms with E-state index in [0.29, 0.717) is 12.4 Å². The van der Waals surface area contributed by atoms with Gasteiger partial charge in [-0.05, 0) is 24.6 Å². The molecule has 0 saturated carbocycles. The van der Waals surface area contributed by atoms with Crippen molar-refractivity contribution in [3.05, 3.63) is 29.8 Å². The van der Waals surface area contributed by atoms with E-state index in [1.54, 1.807) is 6.92 Å². The molecule has 1 saturated heterocycles. The van der Waals surface area contributed by atoms with Gasteiger partial charge in [0.25, 0.3) is 0 Å². The third-order valence-corrected chi connectivity index (χ3v) is 3.52.